The van der Waals surface area contributed by atoms with Crippen molar-refractivity contribution in [3.8, 4) is 17.6 Å². The minimum atomic E-state index is -0.620. The average Bonchev–Trinajstić information content (AvgIpc) is 3.16. The molecule has 2 rings (SSSR count). The number of hydrogen-bond donors (Lipinski definition) is 1. The van der Waals surface area contributed by atoms with Crippen molar-refractivity contribution >= 4 is 29.0 Å². The molecule has 8 nitrogen and oxygen atoms in total. The maximum atomic E-state index is 12.2. The Morgan fingerprint density at radius 3 is 2.62 bits per heavy atom. The van der Waals surface area contributed by atoms with Gasteiger partial charge in [-0.2, -0.15) is 5.26 Å². The first-order chi connectivity index (χ1) is 12.5. The van der Waals surface area contributed by atoms with E-state index in [4.69, 9.17) is 9.47 Å². The third-order valence-corrected chi connectivity index (χ3v) is 4.27. The van der Waals surface area contributed by atoms with Gasteiger partial charge in [0.1, 0.15) is 11.6 Å². The Labute approximate surface area is 153 Å². The Balaban J connectivity index is 2.36. The topological polar surface area (TPSA) is 114 Å². The molecule has 134 valence electrons. The molecular formula is C17H15N3O5S. The Bertz CT molecular complexity index is 885. The van der Waals surface area contributed by atoms with Gasteiger partial charge in [-0.3, -0.25) is 14.9 Å². The van der Waals surface area contributed by atoms with E-state index in [2.05, 4.69) is 5.32 Å². The molecule has 0 spiro atoms. The lowest BCUT2D eigenvalue weighted by Crippen LogP contribution is -2.23. The largest absolute Gasteiger partial charge is 0.493 e. The van der Waals surface area contributed by atoms with Crippen LogP contribution < -0.4 is 14.8 Å². The van der Waals surface area contributed by atoms with Gasteiger partial charge >= 0.3 is 0 Å². The number of nitriles is 1. The zero-order valence-electron chi connectivity index (χ0n) is 14.0. The number of carbonyl (C=O) groups excluding carboxylic acids is 1. The van der Waals surface area contributed by atoms with E-state index >= 15 is 0 Å². The van der Waals surface area contributed by atoms with Crippen LogP contribution in [-0.4, -0.2) is 25.1 Å². The lowest BCUT2D eigenvalue weighted by molar-refractivity contribution is -0.385. The first kappa shape index (κ1) is 19.0. The Morgan fingerprint density at radius 2 is 2.08 bits per heavy atom. The van der Waals surface area contributed by atoms with Crippen molar-refractivity contribution < 1.29 is 19.2 Å². The van der Waals surface area contributed by atoms with Crippen LogP contribution in [0, 0.1) is 21.4 Å². The normalized spacial score (nSPS) is 10.7. The smallest absolute Gasteiger partial charge is 0.280 e. The summed E-state index contributed by atoms with van der Waals surface area (Å²) in [4.78, 5) is 23.8. The molecular weight excluding hydrogens is 358 g/mol. The van der Waals surface area contributed by atoms with Gasteiger partial charge in [-0.05, 0) is 23.6 Å². The monoisotopic (exact) mass is 373 g/mol. The summed E-state index contributed by atoms with van der Waals surface area (Å²) in [6.45, 7) is 0.267. The fraction of sp³-hybridized carbons (Fsp3) is 0.176. The van der Waals surface area contributed by atoms with Gasteiger partial charge < -0.3 is 14.8 Å². The molecule has 0 saturated heterocycles. The maximum Gasteiger partial charge on any atom is 0.280 e. The second-order valence-corrected chi connectivity index (χ2v) is 5.99. The van der Waals surface area contributed by atoms with Gasteiger partial charge in [0.05, 0.1) is 37.3 Å². The summed E-state index contributed by atoms with van der Waals surface area (Å²) < 4.78 is 10.2. The molecule has 0 aliphatic carbocycles. The van der Waals surface area contributed by atoms with E-state index < -0.39 is 10.8 Å². The minimum Gasteiger partial charge on any atom is -0.493 e. The lowest BCUT2D eigenvalue weighted by Gasteiger charge is -2.09. The number of amides is 1. The van der Waals surface area contributed by atoms with Crippen LogP contribution in [0.15, 0.2) is 35.2 Å². The summed E-state index contributed by atoms with van der Waals surface area (Å²) in [6.07, 6.45) is 1.16. The Hall–Kier alpha value is -3.38. The van der Waals surface area contributed by atoms with E-state index in [0.29, 0.717) is 0 Å². The van der Waals surface area contributed by atoms with Crippen LogP contribution in [0.2, 0.25) is 0 Å². The van der Waals surface area contributed by atoms with Crippen LogP contribution in [0.4, 0.5) is 5.69 Å². The molecule has 0 atom stereocenters. The highest BCUT2D eigenvalue weighted by Gasteiger charge is 2.20. The molecule has 1 N–H and O–H groups in total. The number of hydrogen-bond acceptors (Lipinski definition) is 7. The van der Waals surface area contributed by atoms with E-state index in [9.17, 15) is 20.2 Å². The van der Waals surface area contributed by atoms with Gasteiger partial charge in [-0.15, -0.1) is 11.3 Å². The van der Waals surface area contributed by atoms with E-state index in [1.807, 2.05) is 17.5 Å². The third kappa shape index (κ3) is 4.37. The van der Waals surface area contributed by atoms with E-state index in [1.54, 1.807) is 6.07 Å². The van der Waals surface area contributed by atoms with Crippen molar-refractivity contribution in [3.63, 3.8) is 0 Å². The number of rotatable bonds is 7. The van der Waals surface area contributed by atoms with Gasteiger partial charge in [0, 0.05) is 4.88 Å². The molecule has 1 amide bonds. The second kappa shape index (κ2) is 8.64. The molecule has 26 heavy (non-hydrogen) atoms. The van der Waals surface area contributed by atoms with Crippen molar-refractivity contribution in [2.75, 3.05) is 14.2 Å². The summed E-state index contributed by atoms with van der Waals surface area (Å²) in [5.41, 5.74) is -0.492. The van der Waals surface area contributed by atoms with Crippen LogP contribution in [-0.2, 0) is 11.3 Å². The van der Waals surface area contributed by atoms with E-state index in [1.165, 1.54) is 37.7 Å². The van der Waals surface area contributed by atoms with Crippen molar-refractivity contribution in [2.24, 2.45) is 0 Å². The van der Waals surface area contributed by atoms with Crippen molar-refractivity contribution in [1.82, 2.24) is 5.32 Å². The lowest BCUT2D eigenvalue weighted by atomic mass is 10.1. The molecule has 0 aliphatic heterocycles. The van der Waals surface area contributed by atoms with E-state index in [0.717, 1.165) is 11.0 Å². The van der Waals surface area contributed by atoms with Crippen LogP contribution in [0.1, 0.15) is 10.4 Å². The predicted octanol–water partition coefficient (Wildman–Crippen LogP) is 2.90. The van der Waals surface area contributed by atoms with Crippen LogP contribution >= 0.6 is 11.3 Å². The zero-order valence-corrected chi connectivity index (χ0v) is 14.8. The number of carbonyl (C=O) groups is 1. The standard InChI is InChI=1S/C17H15N3O5S/c1-24-15-7-11(14(20(22)23)8-16(15)25-2)6-12(9-18)17(21)19-10-13-4-3-5-26-13/h3-8H,10H2,1-2H3,(H,19,21). The molecule has 2 aromatic rings. The van der Waals surface area contributed by atoms with Crippen LogP contribution in [0.5, 0.6) is 11.5 Å². The molecule has 0 saturated carbocycles. The fourth-order valence-electron chi connectivity index (χ4n) is 2.14. The maximum absolute atomic E-state index is 12.2. The van der Waals surface area contributed by atoms with Gasteiger partial charge in [0.25, 0.3) is 11.6 Å². The van der Waals surface area contributed by atoms with Crippen LogP contribution in [0.3, 0.4) is 0 Å². The van der Waals surface area contributed by atoms with E-state index in [-0.39, 0.29) is 34.9 Å². The quantitative estimate of drug-likeness (QED) is 0.345. The fourth-order valence-corrected chi connectivity index (χ4v) is 2.78. The Morgan fingerprint density at radius 1 is 1.38 bits per heavy atom. The number of nitrogens with zero attached hydrogens (tertiary/aromatic N) is 2. The number of thiophene rings is 1. The molecule has 0 aliphatic rings. The molecule has 9 heteroatoms. The summed E-state index contributed by atoms with van der Waals surface area (Å²) >= 11 is 1.47. The van der Waals surface area contributed by atoms with Gasteiger partial charge in [0.15, 0.2) is 11.5 Å². The van der Waals surface area contributed by atoms with Gasteiger partial charge in [-0.25, -0.2) is 0 Å². The van der Waals surface area contributed by atoms with Gasteiger partial charge in [0.2, 0.25) is 0 Å². The number of methoxy groups -OCH3 is 2. The Kier molecular flexibility index (Phi) is 6.30. The predicted molar refractivity (Wildman–Crippen MR) is 96.0 cm³/mol. The van der Waals surface area contributed by atoms with Crippen molar-refractivity contribution in [1.29, 1.82) is 5.26 Å². The molecule has 1 heterocycles. The molecule has 0 fully saturated rings. The van der Waals surface area contributed by atoms with Gasteiger partial charge in [-0.1, -0.05) is 6.07 Å². The summed E-state index contributed by atoms with van der Waals surface area (Å²) in [5.74, 6) is -0.192. The highest BCUT2D eigenvalue weighted by Crippen LogP contribution is 2.35. The van der Waals surface area contributed by atoms with Crippen LogP contribution in [0.25, 0.3) is 6.08 Å². The number of nitro groups is 1. The number of nitrogens with one attached hydrogen (secondary N) is 1. The number of benzene rings is 1. The highest BCUT2D eigenvalue weighted by molar-refractivity contribution is 7.09. The zero-order chi connectivity index (χ0) is 19.1. The molecule has 0 radical (unpaired) electrons. The second-order valence-electron chi connectivity index (χ2n) is 4.95. The first-order valence-electron chi connectivity index (χ1n) is 7.33. The molecule has 1 aromatic heterocycles. The highest BCUT2D eigenvalue weighted by atomic mass is 32.1. The first-order valence-corrected chi connectivity index (χ1v) is 8.21. The SMILES string of the molecule is COc1cc(C=C(C#N)C(=O)NCc2cccs2)c([N+](=O)[O-])cc1OC. The van der Waals surface area contributed by atoms with Crippen molar-refractivity contribution in [3.05, 3.63) is 55.8 Å². The summed E-state index contributed by atoms with van der Waals surface area (Å²) in [6, 6.07) is 8.00. The molecule has 0 unspecified atom stereocenters. The molecule has 0 bridgehead atoms. The summed E-state index contributed by atoms with van der Waals surface area (Å²) in [5, 5.41) is 25.1. The average molecular weight is 373 g/mol. The number of nitro benzene ring substituents is 1. The number of ether oxygens (including phenoxy) is 2. The van der Waals surface area contributed by atoms with Crippen molar-refractivity contribution in [2.45, 2.75) is 6.54 Å². The third-order valence-electron chi connectivity index (χ3n) is 3.40. The minimum absolute atomic E-state index is 0.0653. The summed E-state index contributed by atoms with van der Waals surface area (Å²) in [7, 11) is 2.74. The molecule has 1 aromatic carbocycles.